The Kier molecular flexibility index (Phi) is 4.86. The number of carbonyl (C=O) groups is 2. The number of rotatable bonds is 6. The van der Waals surface area contributed by atoms with Gasteiger partial charge in [0.05, 0.1) is 0 Å². The summed E-state index contributed by atoms with van der Waals surface area (Å²) in [6.45, 7) is 2.04. The molecule has 0 bridgehead atoms. The van der Waals surface area contributed by atoms with Crippen molar-refractivity contribution in [1.29, 1.82) is 0 Å². The Hall–Kier alpha value is -2.42. The molecule has 0 unspecified atom stereocenters. The van der Waals surface area contributed by atoms with Gasteiger partial charge in [-0.05, 0) is 12.8 Å². The fraction of sp³-hybridized carbons (Fsp3) is 0.429. The Morgan fingerprint density at radius 1 is 1.43 bits per heavy atom. The number of aromatic nitrogens is 3. The van der Waals surface area contributed by atoms with Crippen molar-refractivity contribution in [2.75, 3.05) is 25.0 Å². The van der Waals surface area contributed by atoms with E-state index in [1.165, 1.54) is 11.3 Å². The van der Waals surface area contributed by atoms with Crippen LogP contribution < -0.4 is 10.6 Å². The van der Waals surface area contributed by atoms with Gasteiger partial charge in [0.15, 0.2) is 5.82 Å². The van der Waals surface area contributed by atoms with Crippen LogP contribution in [0.3, 0.4) is 0 Å². The lowest BCUT2D eigenvalue weighted by molar-refractivity contribution is -0.127. The highest BCUT2D eigenvalue weighted by atomic mass is 32.1. The maximum atomic E-state index is 11.8. The first kappa shape index (κ1) is 15.5. The third kappa shape index (κ3) is 4.07. The van der Waals surface area contributed by atoms with Gasteiger partial charge in [0.25, 0.3) is 0 Å². The van der Waals surface area contributed by atoms with E-state index in [0.717, 1.165) is 24.5 Å². The average Bonchev–Trinajstić information content (AvgIpc) is 3.25. The summed E-state index contributed by atoms with van der Waals surface area (Å²) in [4.78, 5) is 29.2. The van der Waals surface area contributed by atoms with Crippen LogP contribution in [0.25, 0.3) is 5.13 Å². The number of carbonyl (C=O) groups excluding carboxylic acids is 2. The van der Waals surface area contributed by atoms with Gasteiger partial charge in [-0.2, -0.15) is 0 Å². The van der Waals surface area contributed by atoms with E-state index in [-0.39, 0.29) is 11.9 Å². The first-order chi connectivity index (χ1) is 11.2. The van der Waals surface area contributed by atoms with Crippen LogP contribution in [-0.2, 0) is 4.79 Å². The van der Waals surface area contributed by atoms with Crippen LogP contribution in [0.4, 0.5) is 10.6 Å². The summed E-state index contributed by atoms with van der Waals surface area (Å²) in [6.07, 6.45) is 5.77. The Morgan fingerprint density at radius 3 is 3.09 bits per heavy atom. The number of thiazole rings is 1. The predicted molar refractivity (Wildman–Crippen MR) is 86.7 cm³/mol. The van der Waals surface area contributed by atoms with Gasteiger partial charge >= 0.3 is 6.03 Å². The predicted octanol–water partition coefficient (Wildman–Crippen LogP) is 1.46. The Bertz CT molecular complexity index is 669. The molecule has 23 heavy (non-hydrogen) atoms. The molecular weight excluding hydrogens is 316 g/mol. The second-order valence-corrected chi connectivity index (χ2v) is 6.05. The third-order valence-electron chi connectivity index (χ3n) is 3.51. The molecule has 0 atom stereocenters. The van der Waals surface area contributed by atoms with Crippen LogP contribution in [0.1, 0.15) is 19.3 Å². The Morgan fingerprint density at radius 2 is 2.35 bits per heavy atom. The summed E-state index contributed by atoms with van der Waals surface area (Å²) in [5.41, 5.74) is 0. The lowest BCUT2D eigenvalue weighted by Crippen LogP contribution is -2.33. The van der Waals surface area contributed by atoms with Crippen LogP contribution in [0.5, 0.6) is 0 Å². The number of hydrogen-bond donors (Lipinski definition) is 2. The summed E-state index contributed by atoms with van der Waals surface area (Å²) in [7, 11) is 0. The zero-order valence-corrected chi connectivity index (χ0v) is 13.4. The van der Waals surface area contributed by atoms with Crippen LogP contribution in [0.15, 0.2) is 23.8 Å². The van der Waals surface area contributed by atoms with E-state index in [2.05, 4.69) is 20.7 Å². The van der Waals surface area contributed by atoms with Crippen molar-refractivity contribution in [1.82, 2.24) is 25.0 Å². The molecule has 0 aromatic carbocycles. The molecule has 8 nitrogen and oxygen atoms in total. The average molecular weight is 334 g/mol. The molecule has 0 radical (unpaired) electrons. The van der Waals surface area contributed by atoms with Gasteiger partial charge in [0, 0.05) is 49.9 Å². The van der Waals surface area contributed by atoms with Crippen molar-refractivity contribution in [3.63, 3.8) is 0 Å². The maximum absolute atomic E-state index is 11.8. The molecule has 2 aromatic heterocycles. The number of hydrogen-bond acceptors (Lipinski definition) is 5. The minimum Gasteiger partial charge on any atom is -0.343 e. The quantitative estimate of drug-likeness (QED) is 0.782. The largest absolute Gasteiger partial charge is 0.343 e. The normalized spacial score (nSPS) is 14.3. The molecule has 3 heterocycles. The van der Waals surface area contributed by atoms with Gasteiger partial charge in [0.1, 0.15) is 0 Å². The van der Waals surface area contributed by atoms with Crippen LogP contribution in [0, 0.1) is 0 Å². The Balaban J connectivity index is 1.38. The molecule has 3 amide bonds. The van der Waals surface area contributed by atoms with Crippen molar-refractivity contribution >= 4 is 29.1 Å². The SMILES string of the molecule is O=C(NCCCN1CCCC1=O)Nc1ccn(-c2nccs2)n1. The van der Waals surface area contributed by atoms with E-state index in [9.17, 15) is 9.59 Å². The van der Waals surface area contributed by atoms with Crippen LogP contribution >= 0.6 is 11.3 Å². The number of likely N-dealkylation sites (tertiary alicyclic amines) is 1. The lowest BCUT2D eigenvalue weighted by Gasteiger charge is -2.15. The number of urea groups is 1. The van der Waals surface area contributed by atoms with Gasteiger partial charge in [-0.15, -0.1) is 16.4 Å². The molecule has 9 heteroatoms. The molecule has 1 saturated heterocycles. The number of amides is 3. The summed E-state index contributed by atoms with van der Waals surface area (Å²) in [6, 6.07) is 1.41. The fourth-order valence-corrected chi connectivity index (χ4v) is 2.97. The number of anilines is 1. The van der Waals surface area contributed by atoms with E-state index in [4.69, 9.17) is 0 Å². The smallest absolute Gasteiger partial charge is 0.320 e. The second-order valence-electron chi connectivity index (χ2n) is 5.18. The number of nitrogens with zero attached hydrogens (tertiary/aromatic N) is 4. The lowest BCUT2D eigenvalue weighted by atomic mass is 10.4. The van der Waals surface area contributed by atoms with E-state index in [1.807, 2.05) is 10.3 Å². The van der Waals surface area contributed by atoms with Crippen molar-refractivity contribution in [3.05, 3.63) is 23.8 Å². The van der Waals surface area contributed by atoms with E-state index >= 15 is 0 Å². The molecule has 2 N–H and O–H groups in total. The molecule has 122 valence electrons. The van der Waals surface area contributed by atoms with E-state index < -0.39 is 0 Å². The molecule has 0 aliphatic carbocycles. The molecule has 1 aliphatic heterocycles. The van der Waals surface area contributed by atoms with E-state index in [1.54, 1.807) is 23.1 Å². The van der Waals surface area contributed by atoms with Gasteiger partial charge in [-0.3, -0.25) is 10.1 Å². The van der Waals surface area contributed by atoms with Crippen molar-refractivity contribution < 1.29 is 9.59 Å². The van der Waals surface area contributed by atoms with Crippen LogP contribution in [-0.4, -0.2) is 51.2 Å². The maximum Gasteiger partial charge on any atom is 0.320 e. The monoisotopic (exact) mass is 334 g/mol. The highest BCUT2D eigenvalue weighted by Gasteiger charge is 2.19. The van der Waals surface area contributed by atoms with Crippen molar-refractivity contribution in [2.45, 2.75) is 19.3 Å². The molecular formula is C14H18N6O2S. The van der Waals surface area contributed by atoms with Crippen molar-refractivity contribution in [2.24, 2.45) is 0 Å². The first-order valence-electron chi connectivity index (χ1n) is 7.50. The topological polar surface area (TPSA) is 92.2 Å². The van der Waals surface area contributed by atoms with Gasteiger partial charge in [-0.25, -0.2) is 14.5 Å². The standard InChI is InChI=1S/C14H18N6O2S/c21-12-3-1-7-19(12)8-2-5-15-13(22)17-11-4-9-20(18-11)14-16-6-10-23-14/h4,6,9-10H,1-3,5,7-8H2,(H2,15,17,18,22). The summed E-state index contributed by atoms with van der Waals surface area (Å²) >= 11 is 1.47. The first-order valence-corrected chi connectivity index (χ1v) is 8.38. The molecule has 1 fully saturated rings. The summed E-state index contributed by atoms with van der Waals surface area (Å²) in [5, 5.41) is 12.3. The van der Waals surface area contributed by atoms with Gasteiger partial charge in [-0.1, -0.05) is 0 Å². The third-order valence-corrected chi connectivity index (χ3v) is 4.27. The molecule has 3 rings (SSSR count). The van der Waals surface area contributed by atoms with Crippen LogP contribution in [0.2, 0.25) is 0 Å². The second kappa shape index (κ2) is 7.23. The minimum atomic E-state index is -0.304. The minimum absolute atomic E-state index is 0.210. The summed E-state index contributed by atoms with van der Waals surface area (Å²) in [5.74, 6) is 0.676. The molecule has 0 saturated carbocycles. The van der Waals surface area contributed by atoms with E-state index in [0.29, 0.717) is 25.3 Å². The molecule has 0 spiro atoms. The van der Waals surface area contributed by atoms with Gasteiger partial charge < -0.3 is 10.2 Å². The number of nitrogens with one attached hydrogen (secondary N) is 2. The molecule has 2 aromatic rings. The van der Waals surface area contributed by atoms with Crippen molar-refractivity contribution in [3.8, 4) is 5.13 Å². The Labute approximate surface area is 137 Å². The highest BCUT2D eigenvalue weighted by Crippen LogP contribution is 2.12. The fourth-order valence-electron chi connectivity index (χ4n) is 2.40. The molecule has 1 aliphatic rings. The highest BCUT2D eigenvalue weighted by molar-refractivity contribution is 7.12. The zero-order chi connectivity index (χ0) is 16.1. The zero-order valence-electron chi connectivity index (χ0n) is 12.6. The van der Waals surface area contributed by atoms with Gasteiger partial charge in [0.2, 0.25) is 11.0 Å². The summed E-state index contributed by atoms with van der Waals surface area (Å²) < 4.78 is 1.61.